The molecule has 0 unspecified atom stereocenters. The third kappa shape index (κ3) is 21.4. The third-order valence-corrected chi connectivity index (χ3v) is 6.50. The van der Waals surface area contributed by atoms with Crippen LogP contribution >= 0.6 is 0 Å². The molecular weight excluding hydrogens is 408 g/mol. The van der Waals surface area contributed by atoms with Crippen LogP contribution in [0.4, 0.5) is 0 Å². The summed E-state index contributed by atoms with van der Waals surface area (Å²) in [5, 5.41) is 13.8. The van der Waals surface area contributed by atoms with E-state index in [1.807, 2.05) is 0 Å². The number of hydrogen-bond donors (Lipinski definition) is 4. The fourth-order valence-corrected chi connectivity index (χ4v) is 4.40. The zero-order valence-corrected chi connectivity index (χ0v) is 21.9. The monoisotopic (exact) mass is 464 g/mol. The molecule has 0 aromatic carbocycles. The lowest BCUT2D eigenvalue weighted by atomic mass is 10.0. The smallest absolute Gasteiger partial charge is 0.221 e. The molecule has 33 heavy (non-hydrogen) atoms. The van der Waals surface area contributed by atoms with E-state index in [0.29, 0.717) is 12.5 Å². The number of rotatable bonds is 13. The van der Waals surface area contributed by atoms with Crippen LogP contribution in [0.3, 0.4) is 0 Å². The van der Waals surface area contributed by atoms with Crippen LogP contribution in [0.15, 0.2) is 12.2 Å². The molecule has 194 valence electrons. The molecule has 5 nitrogen and oxygen atoms in total. The summed E-state index contributed by atoms with van der Waals surface area (Å²) in [6.45, 7) is 8.27. The Hall–Kier alpha value is -0.910. The minimum Gasteiger partial charge on any atom is -0.356 e. The summed E-state index contributed by atoms with van der Waals surface area (Å²) in [4.78, 5) is 12.4. The minimum absolute atomic E-state index is 0.208. The number of hydrogen-bond acceptors (Lipinski definition) is 4. The molecule has 0 aromatic heterocycles. The van der Waals surface area contributed by atoms with Gasteiger partial charge in [0.15, 0.2) is 0 Å². The first-order valence-electron chi connectivity index (χ1n) is 14.4. The van der Waals surface area contributed by atoms with Crippen molar-refractivity contribution in [2.45, 2.75) is 122 Å². The fourth-order valence-electron chi connectivity index (χ4n) is 4.40. The van der Waals surface area contributed by atoms with Crippen molar-refractivity contribution in [2.75, 3.05) is 39.3 Å². The van der Waals surface area contributed by atoms with Crippen molar-refractivity contribution in [1.82, 2.24) is 21.3 Å². The topological polar surface area (TPSA) is 65.2 Å². The molecular formula is C28H56N4O. The number of allylic oxidation sites excluding steroid dienone is 2. The van der Waals surface area contributed by atoms with Gasteiger partial charge >= 0.3 is 0 Å². The highest BCUT2D eigenvalue weighted by atomic mass is 16.1. The maximum atomic E-state index is 12.4. The Bertz CT molecular complexity index is 455. The van der Waals surface area contributed by atoms with Crippen molar-refractivity contribution in [3.8, 4) is 0 Å². The molecule has 1 heterocycles. The number of carbonyl (C=O) groups excluding carboxylic acids is 1. The zero-order chi connectivity index (χ0) is 23.7. The van der Waals surface area contributed by atoms with E-state index >= 15 is 0 Å². The number of unbranched alkanes of at least 4 members (excludes halogenated alkanes) is 9. The third-order valence-electron chi connectivity index (χ3n) is 6.50. The van der Waals surface area contributed by atoms with Gasteiger partial charge in [-0.15, -0.1) is 0 Å². The molecule has 4 N–H and O–H groups in total. The van der Waals surface area contributed by atoms with E-state index in [9.17, 15) is 4.79 Å². The quantitative estimate of drug-likeness (QED) is 0.216. The fraction of sp³-hybridized carbons (Fsp3) is 0.893. The molecule has 0 saturated carbocycles. The van der Waals surface area contributed by atoms with Crippen molar-refractivity contribution in [3.05, 3.63) is 12.2 Å². The van der Waals surface area contributed by atoms with E-state index < -0.39 is 0 Å². The van der Waals surface area contributed by atoms with E-state index in [1.54, 1.807) is 0 Å². The molecule has 1 aliphatic heterocycles. The average Bonchev–Trinajstić information content (AvgIpc) is 2.81. The van der Waals surface area contributed by atoms with Gasteiger partial charge in [-0.2, -0.15) is 0 Å². The Kier molecular flexibility index (Phi) is 22.1. The van der Waals surface area contributed by atoms with Crippen molar-refractivity contribution >= 4 is 5.91 Å². The minimum atomic E-state index is 0.208. The van der Waals surface area contributed by atoms with Crippen LogP contribution < -0.4 is 21.3 Å². The van der Waals surface area contributed by atoms with Crippen LogP contribution in [0.2, 0.25) is 0 Å². The zero-order valence-electron chi connectivity index (χ0n) is 21.9. The van der Waals surface area contributed by atoms with Gasteiger partial charge in [-0.05, 0) is 84.1 Å². The standard InChI is InChI=1S/C28H56N4O/c1-2-3-4-5-6-7-8-9-10-11-12-13-14-19-27-26-28(33)32-25-18-23-30-21-16-15-20-29-22-17-24-31-27/h4-5,27,29-31H,2-3,6-26H2,1H3,(H,32,33)/b5-4+/t27-/m1/s1. The molecule has 0 spiro atoms. The van der Waals surface area contributed by atoms with Crippen LogP contribution in [0.25, 0.3) is 0 Å². The summed E-state index contributed by atoms with van der Waals surface area (Å²) >= 11 is 0. The highest BCUT2D eigenvalue weighted by Crippen LogP contribution is 2.13. The van der Waals surface area contributed by atoms with E-state index in [1.165, 1.54) is 83.5 Å². The molecule has 1 rings (SSSR count). The van der Waals surface area contributed by atoms with Crippen LogP contribution in [0.1, 0.15) is 116 Å². The van der Waals surface area contributed by atoms with Gasteiger partial charge < -0.3 is 21.3 Å². The second-order valence-electron chi connectivity index (χ2n) is 9.79. The van der Waals surface area contributed by atoms with Gasteiger partial charge in [0.05, 0.1) is 0 Å². The van der Waals surface area contributed by atoms with Crippen LogP contribution in [0.5, 0.6) is 0 Å². The number of amides is 1. The Morgan fingerprint density at radius 1 is 0.697 bits per heavy atom. The van der Waals surface area contributed by atoms with E-state index in [0.717, 1.165) is 58.5 Å². The summed E-state index contributed by atoms with van der Waals surface area (Å²) in [6.07, 6.45) is 25.5. The summed E-state index contributed by atoms with van der Waals surface area (Å²) in [7, 11) is 0. The van der Waals surface area contributed by atoms with Gasteiger partial charge in [0.2, 0.25) is 5.91 Å². The second kappa shape index (κ2) is 24.2. The normalized spacial score (nSPS) is 20.5. The predicted octanol–water partition coefficient (Wildman–Crippen LogP) is 5.46. The molecule has 0 aliphatic carbocycles. The Morgan fingerprint density at radius 2 is 1.27 bits per heavy atom. The molecule has 1 saturated heterocycles. The van der Waals surface area contributed by atoms with Gasteiger partial charge in [-0.1, -0.05) is 70.4 Å². The lowest BCUT2D eigenvalue weighted by Crippen LogP contribution is -2.37. The predicted molar refractivity (Wildman–Crippen MR) is 144 cm³/mol. The lowest BCUT2D eigenvalue weighted by Gasteiger charge is -2.19. The first-order valence-corrected chi connectivity index (χ1v) is 14.4. The van der Waals surface area contributed by atoms with E-state index in [-0.39, 0.29) is 5.91 Å². The molecule has 0 aromatic rings. The van der Waals surface area contributed by atoms with Gasteiger partial charge in [0.1, 0.15) is 0 Å². The van der Waals surface area contributed by atoms with Gasteiger partial charge in [-0.3, -0.25) is 4.79 Å². The maximum absolute atomic E-state index is 12.4. The molecule has 5 heteroatoms. The maximum Gasteiger partial charge on any atom is 0.221 e. The molecule has 1 atom stereocenters. The number of carbonyl (C=O) groups is 1. The Balaban J connectivity index is 2.12. The van der Waals surface area contributed by atoms with E-state index in [2.05, 4.69) is 40.3 Å². The summed E-state index contributed by atoms with van der Waals surface area (Å²) in [6, 6.07) is 0.319. The average molecular weight is 465 g/mol. The van der Waals surface area contributed by atoms with Crippen LogP contribution in [0, 0.1) is 0 Å². The lowest BCUT2D eigenvalue weighted by molar-refractivity contribution is -0.121. The van der Waals surface area contributed by atoms with Crippen LogP contribution in [-0.4, -0.2) is 51.2 Å². The molecule has 0 bridgehead atoms. The Morgan fingerprint density at radius 3 is 1.97 bits per heavy atom. The van der Waals surface area contributed by atoms with Crippen LogP contribution in [-0.2, 0) is 4.79 Å². The molecule has 1 fully saturated rings. The van der Waals surface area contributed by atoms with Gasteiger partial charge in [0.25, 0.3) is 0 Å². The van der Waals surface area contributed by atoms with Gasteiger partial charge in [0, 0.05) is 19.0 Å². The van der Waals surface area contributed by atoms with E-state index in [4.69, 9.17) is 0 Å². The molecule has 1 amide bonds. The van der Waals surface area contributed by atoms with Crippen molar-refractivity contribution in [2.24, 2.45) is 0 Å². The molecule has 1 aliphatic rings. The summed E-state index contributed by atoms with van der Waals surface area (Å²) in [5.41, 5.74) is 0. The largest absolute Gasteiger partial charge is 0.356 e. The second-order valence-corrected chi connectivity index (χ2v) is 9.79. The van der Waals surface area contributed by atoms with Crippen molar-refractivity contribution < 1.29 is 4.79 Å². The van der Waals surface area contributed by atoms with Crippen molar-refractivity contribution in [1.29, 1.82) is 0 Å². The highest BCUT2D eigenvalue weighted by Gasteiger charge is 2.13. The Labute approximate surface area is 205 Å². The molecule has 0 radical (unpaired) electrons. The summed E-state index contributed by atoms with van der Waals surface area (Å²) < 4.78 is 0. The highest BCUT2D eigenvalue weighted by molar-refractivity contribution is 5.76. The summed E-state index contributed by atoms with van der Waals surface area (Å²) in [5.74, 6) is 0.208. The first kappa shape index (κ1) is 30.1. The van der Waals surface area contributed by atoms with Gasteiger partial charge in [-0.25, -0.2) is 0 Å². The SMILES string of the molecule is CCC/C=C/CCCCCCCCCC[C@@H]1CC(=O)NCCCNCCCCNCCCN1. The first-order chi connectivity index (χ1) is 16.3. The number of nitrogens with one attached hydrogen (secondary N) is 4. The van der Waals surface area contributed by atoms with Crippen molar-refractivity contribution in [3.63, 3.8) is 0 Å².